The summed E-state index contributed by atoms with van der Waals surface area (Å²) in [5.41, 5.74) is 5.51. The molecule has 0 radical (unpaired) electrons. The maximum atomic E-state index is 13.9. The zero-order chi connectivity index (χ0) is 46.5. The Morgan fingerprint density at radius 1 is 0.905 bits per heavy atom. The Morgan fingerprint density at radius 3 is 2.21 bits per heavy atom. The van der Waals surface area contributed by atoms with Gasteiger partial charge < -0.3 is 15.4 Å². The third kappa shape index (κ3) is 12.4. The number of thioether (sulfide) groups is 1. The number of hydrazine groups is 1. The number of ether oxygens (including phenoxy) is 1. The largest absolute Gasteiger partial charge is 0.493 e. The summed E-state index contributed by atoms with van der Waals surface area (Å²) in [6.45, 7) is 23.0. The van der Waals surface area contributed by atoms with E-state index >= 15 is 0 Å². The molecule has 338 valence electrons. The summed E-state index contributed by atoms with van der Waals surface area (Å²) in [6, 6.07) is 17.9. The number of benzene rings is 3. The number of carbonyl (C=O) groups excluding carboxylic acids is 5. The van der Waals surface area contributed by atoms with Gasteiger partial charge in [0.2, 0.25) is 22.9 Å². The van der Waals surface area contributed by atoms with Crippen molar-refractivity contribution < 1.29 is 28.7 Å². The van der Waals surface area contributed by atoms with Crippen molar-refractivity contribution >= 4 is 86.3 Å². The molecule has 0 saturated carbocycles. The number of anilines is 4. The topological polar surface area (TPSA) is 172 Å². The number of Topliss-reactive ketones (excluding diaryl/α,β-unsaturated/α-hetero) is 1. The van der Waals surface area contributed by atoms with E-state index in [4.69, 9.17) is 16.3 Å². The van der Waals surface area contributed by atoms with E-state index in [0.717, 1.165) is 52.9 Å². The monoisotopic (exact) mass is 917 g/mol. The molecule has 63 heavy (non-hydrogen) atoms. The van der Waals surface area contributed by atoms with Crippen LogP contribution >= 0.6 is 34.7 Å². The molecule has 1 fully saturated rings. The highest BCUT2D eigenvalue weighted by Crippen LogP contribution is 2.39. The lowest BCUT2D eigenvalue weighted by Crippen LogP contribution is -2.39. The lowest BCUT2D eigenvalue weighted by Gasteiger charge is -2.30. The number of nitrogens with one attached hydrogen (secondary N) is 4. The number of hydrogen-bond acceptors (Lipinski definition) is 11. The van der Waals surface area contributed by atoms with Crippen LogP contribution < -0.4 is 31.1 Å². The van der Waals surface area contributed by atoms with Gasteiger partial charge in [0.15, 0.2) is 10.1 Å². The molecule has 0 spiro atoms. The van der Waals surface area contributed by atoms with Crippen LogP contribution in [0.2, 0.25) is 5.02 Å². The second-order valence-corrected chi connectivity index (χ2v) is 21.5. The van der Waals surface area contributed by atoms with Crippen LogP contribution in [0, 0.1) is 10.8 Å². The van der Waals surface area contributed by atoms with Crippen LogP contribution in [-0.4, -0.2) is 58.0 Å². The van der Waals surface area contributed by atoms with Gasteiger partial charge in [0.1, 0.15) is 11.0 Å². The van der Waals surface area contributed by atoms with E-state index in [9.17, 15) is 24.0 Å². The molecular formula is C47H60ClN7O6S2. The highest BCUT2D eigenvalue weighted by molar-refractivity contribution is 8.03. The molecule has 5 rings (SSSR count). The number of ketones is 1. The van der Waals surface area contributed by atoms with Crippen molar-refractivity contribution in [3.05, 3.63) is 82.4 Å². The molecule has 0 aliphatic carbocycles. The van der Waals surface area contributed by atoms with Crippen molar-refractivity contribution in [2.45, 2.75) is 122 Å². The number of hydrogen-bond donors (Lipinski definition) is 4. The number of amides is 4. The zero-order valence-corrected chi connectivity index (χ0v) is 40.5. The van der Waals surface area contributed by atoms with Gasteiger partial charge in [-0.05, 0) is 98.0 Å². The first-order valence-electron chi connectivity index (χ1n) is 21.2. The van der Waals surface area contributed by atoms with E-state index in [1.807, 2.05) is 13.8 Å². The molecule has 4 amide bonds. The van der Waals surface area contributed by atoms with Gasteiger partial charge >= 0.3 is 0 Å². The van der Waals surface area contributed by atoms with Gasteiger partial charge in [-0.25, -0.2) is 0 Å². The molecule has 1 atom stereocenters. The lowest BCUT2D eigenvalue weighted by molar-refractivity contribution is -0.130. The van der Waals surface area contributed by atoms with Gasteiger partial charge in [-0.3, -0.25) is 39.7 Å². The molecule has 2 heterocycles. The lowest BCUT2D eigenvalue weighted by atomic mass is 9.76. The molecule has 4 N–H and O–H groups in total. The van der Waals surface area contributed by atoms with E-state index in [0.29, 0.717) is 30.8 Å². The summed E-state index contributed by atoms with van der Waals surface area (Å²) in [6.07, 6.45) is 2.65. The van der Waals surface area contributed by atoms with E-state index < -0.39 is 27.9 Å². The second-order valence-electron chi connectivity index (χ2n) is 18.8. The molecule has 1 aliphatic heterocycles. The summed E-state index contributed by atoms with van der Waals surface area (Å²) in [7, 11) is 0. The molecule has 1 aliphatic rings. The first-order chi connectivity index (χ1) is 29.4. The Kier molecular flexibility index (Phi) is 15.4. The SMILES string of the molecule is CCC(C)(C)c1ccc(OCCCC(=O)Nc2ccc(Cl)c(NC(=O)C(Sc3nnc(NC(=O)c4ccc(N5CC(C)(C)C(=O)N5)cc4)s3)C(=O)C(C)(C)C)c2)c(C(C)(C)CC)c1. The number of rotatable bonds is 18. The second kappa shape index (κ2) is 19.8. The Bertz CT molecular complexity index is 2340. The first-order valence-corrected chi connectivity index (χ1v) is 23.2. The smallest absolute Gasteiger partial charge is 0.257 e. The van der Waals surface area contributed by atoms with Crippen LogP contribution in [0.25, 0.3) is 0 Å². The van der Waals surface area contributed by atoms with E-state index in [1.54, 1.807) is 68.2 Å². The summed E-state index contributed by atoms with van der Waals surface area (Å²) in [5, 5.41) is 17.5. The maximum Gasteiger partial charge on any atom is 0.257 e. The number of aromatic nitrogens is 2. The van der Waals surface area contributed by atoms with Crippen LogP contribution in [0.15, 0.2) is 65.0 Å². The fraction of sp³-hybridized carbons (Fsp3) is 0.468. The summed E-state index contributed by atoms with van der Waals surface area (Å²) in [5.74, 6) is -0.923. The van der Waals surface area contributed by atoms with Gasteiger partial charge in [0.05, 0.1) is 35.0 Å². The first kappa shape index (κ1) is 49.0. The third-order valence-corrected chi connectivity index (χ3v) is 13.9. The number of carbonyl (C=O) groups is 5. The van der Waals surface area contributed by atoms with Crippen LogP contribution in [0.5, 0.6) is 5.75 Å². The number of halogens is 1. The van der Waals surface area contributed by atoms with Crippen molar-refractivity contribution in [2.75, 3.05) is 34.1 Å². The summed E-state index contributed by atoms with van der Waals surface area (Å²) < 4.78 is 6.55. The molecule has 1 saturated heterocycles. The summed E-state index contributed by atoms with van der Waals surface area (Å²) >= 11 is 8.45. The van der Waals surface area contributed by atoms with Crippen LogP contribution in [0.4, 0.5) is 22.2 Å². The predicted octanol–water partition coefficient (Wildman–Crippen LogP) is 10.2. The van der Waals surface area contributed by atoms with E-state index in [-0.39, 0.29) is 55.0 Å². The van der Waals surface area contributed by atoms with Gasteiger partial charge in [-0.2, -0.15) is 0 Å². The average molecular weight is 919 g/mol. The molecule has 0 bridgehead atoms. The molecule has 13 nitrogen and oxygen atoms in total. The van der Waals surface area contributed by atoms with Crippen molar-refractivity contribution in [3.8, 4) is 5.75 Å². The van der Waals surface area contributed by atoms with Crippen molar-refractivity contribution in [1.82, 2.24) is 15.6 Å². The third-order valence-electron chi connectivity index (χ3n) is 11.5. The maximum absolute atomic E-state index is 13.9. The molecule has 1 unspecified atom stereocenters. The fourth-order valence-electron chi connectivity index (χ4n) is 6.46. The van der Waals surface area contributed by atoms with Crippen LogP contribution in [0.1, 0.15) is 123 Å². The Morgan fingerprint density at radius 2 is 1.59 bits per heavy atom. The Hall–Kier alpha value is -4.99. The minimum atomic E-state index is -1.25. The Balaban J connectivity index is 1.18. The van der Waals surface area contributed by atoms with E-state index in [1.165, 1.54) is 5.56 Å². The van der Waals surface area contributed by atoms with Crippen molar-refractivity contribution in [2.24, 2.45) is 10.8 Å². The average Bonchev–Trinajstić information content (AvgIpc) is 3.79. The highest BCUT2D eigenvalue weighted by Gasteiger charge is 2.39. The van der Waals surface area contributed by atoms with Gasteiger partial charge in [0.25, 0.3) is 5.91 Å². The van der Waals surface area contributed by atoms with Crippen molar-refractivity contribution in [1.29, 1.82) is 0 Å². The van der Waals surface area contributed by atoms with Gasteiger partial charge in [0, 0.05) is 28.7 Å². The zero-order valence-electron chi connectivity index (χ0n) is 38.1. The molecule has 1 aromatic heterocycles. The Labute approximate surface area is 384 Å². The normalized spacial score (nSPS) is 14.5. The van der Waals surface area contributed by atoms with Crippen LogP contribution in [-0.2, 0) is 30.0 Å². The van der Waals surface area contributed by atoms with Crippen molar-refractivity contribution in [3.63, 3.8) is 0 Å². The number of nitrogens with zero attached hydrogens (tertiary/aromatic N) is 3. The minimum absolute atomic E-state index is 0.0435. The molecule has 3 aromatic carbocycles. The molecular weight excluding hydrogens is 858 g/mol. The highest BCUT2D eigenvalue weighted by atomic mass is 35.5. The fourth-order valence-corrected chi connectivity index (χ4v) is 8.73. The van der Waals surface area contributed by atoms with Crippen LogP contribution in [0.3, 0.4) is 0 Å². The predicted molar refractivity (Wildman–Crippen MR) is 254 cm³/mol. The quantitative estimate of drug-likeness (QED) is 0.0326. The molecule has 16 heteroatoms. The van der Waals surface area contributed by atoms with Gasteiger partial charge in [-0.1, -0.05) is 109 Å². The van der Waals surface area contributed by atoms with Gasteiger partial charge in [-0.15, -0.1) is 10.2 Å². The standard InChI is InChI=1S/C47H60ClN7O6S2/c1-12-45(6,7)29-18-23-35(32(25-29)46(8,9)13-2)61-24-14-15-36(56)49-30-19-22-33(48)34(26-30)50-40(59)37(38(57)44(3,4)5)62-43-53-52-42(63-43)51-39(58)28-16-20-31(21-17-28)55-27-47(10,11)41(60)54-55/h16-23,25-26,37H,12-15,24,27H2,1-11H3,(H,49,56)(H,50,59)(H,54,60)(H,51,52,58). The molecule has 4 aromatic rings. The van der Waals surface area contributed by atoms with E-state index in [2.05, 4.69) is 91.3 Å². The summed E-state index contributed by atoms with van der Waals surface area (Å²) in [4.78, 5) is 65.9. The minimum Gasteiger partial charge on any atom is -0.493 e.